The number of ether oxygens (including phenoxy) is 1. The Morgan fingerprint density at radius 1 is 1.12 bits per heavy atom. The van der Waals surface area contributed by atoms with Gasteiger partial charge in [0.1, 0.15) is 12.4 Å². The fourth-order valence-corrected chi connectivity index (χ4v) is 2.28. The number of para-hydroxylation sites is 1. The topological polar surface area (TPSA) is 90.3 Å². The largest absolute Gasteiger partial charge is 0.454 e. The van der Waals surface area contributed by atoms with Crippen molar-refractivity contribution < 1.29 is 18.7 Å². The van der Waals surface area contributed by atoms with Crippen molar-refractivity contribution in [3.05, 3.63) is 71.0 Å². The molecule has 3 rings (SSSR count). The van der Waals surface area contributed by atoms with Crippen LogP contribution in [0.1, 0.15) is 0 Å². The molecule has 1 amide bonds. The molecule has 0 saturated heterocycles. The number of hydrogen-bond acceptors (Lipinski definition) is 5. The summed E-state index contributed by atoms with van der Waals surface area (Å²) >= 11 is 0. The predicted octanol–water partition coefficient (Wildman–Crippen LogP) is 1.72. The van der Waals surface area contributed by atoms with E-state index in [1.807, 2.05) is 0 Å². The van der Waals surface area contributed by atoms with Gasteiger partial charge in [-0.3, -0.25) is 19.0 Å². The first-order valence-electron chi connectivity index (χ1n) is 7.68. The third-order valence-electron chi connectivity index (χ3n) is 3.52. The molecule has 0 aliphatic carbocycles. The second-order valence-electron chi connectivity index (χ2n) is 5.41. The summed E-state index contributed by atoms with van der Waals surface area (Å²) in [6.07, 6.45) is 1.25. The summed E-state index contributed by atoms with van der Waals surface area (Å²) in [6, 6.07) is 11.9. The Labute approximate surface area is 147 Å². The summed E-state index contributed by atoms with van der Waals surface area (Å²) in [4.78, 5) is 40.0. The zero-order valence-electron chi connectivity index (χ0n) is 13.5. The Hall–Kier alpha value is -3.55. The monoisotopic (exact) mass is 355 g/mol. The van der Waals surface area contributed by atoms with E-state index in [2.05, 4.69) is 10.3 Å². The Balaban J connectivity index is 1.57. The minimum atomic E-state index is -0.751. The molecule has 7 nitrogen and oxygen atoms in total. The van der Waals surface area contributed by atoms with Gasteiger partial charge in [0.05, 0.1) is 17.2 Å². The first kappa shape index (κ1) is 17.3. The molecule has 0 fully saturated rings. The van der Waals surface area contributed by atoms with E-state index >= 15 is 0 Å². The van der Waals surface area contributed by atoms with Gasteiger partial charge < -0.3 is 10.1 Å². The lowest BCUT2D eigenvalue weighted by molar-refractivity contribution is -0.147. The summed E-state index contributed by atoms with van der Waals surface area (Å²) < 4.78 is 18.8. The first-order valence-corrected chi connectivity index (χ1v) is 7.68. The number of rotatable bonds is 5. The molecule has 132 valence electrons. The van der Waals surface area contributed by atoms with Crippen LogP contribution in [0.3, 0.4) is 0 Å². The van der Waals surface area contributed by atoms with Gasteiger partial charge in [0.25, 0.3) is 11.5 Å². The summed E-state index contributed by atoms with van der Waals surface area (Å²) in [5.74, 6) is -1.75. The highest BCUT2D eigenvalue weighted by Gasteiger charge is 2.11. The van der Waals surface area contributed by atoms with E-state index in [4.69, 9.17) is 4.74 Å². The van der Waals surface area contributed by atoms with Gasteiger partial charge in [0, 0.05) is 5.69 Å². The lowest BCUT2D eigenvalue weighted by Gasteiger charge is -2.08. The molecule has 1 aromatic heterocycles. The number of carbonyl (C=O) groups is 2. The second-order valence-corrected chi connectivity index (χ2v) is 5.41. The molecule has 0 radical (unpaired) electrons. The lowest BCUT2D eigenvalue weighted by Crippen LogP contribution is -2.28. The van der Waals surface area contributed by atoms with E-state index < -0.39 is 24.3 Å². The minimum absolute atomic E-state index is 0.361. The van der Waals surface area contributed by atoms with Crippen molar-refractivity contribution in [1.29, 1.82) is 0 Å². The molecular weight excluding hydrogens is 341 g/mol. The Kier molecular flexibility index (Phi) is 5.02. The normalized spacial score (nSPS) is 10.5. The van der Waals surface area contributed by atoms with Crippen molar-refractivity contribution >= 4 is 28.5 Å². The van der Waals surface area contributed by atoms with Gasteiger partial charge >= 0.3 is 5.97 Å². The number of nitrogens with one attached hydrogen (secondary N) is 1. The summed E-state index contributed by atoms with van der Waals surface area (Å²) in [7, 11) is 0. The maximum Gasteiger partial charge on any atom is 0.326 e. The van der Waals surface area contributed by atoms with E-state index in [9.17, 15) is 18.8 Å². The van der Waals surface area contributed by atoms with Crippen LogP contribution in [0.4, 0.5) is 10.1 Å². The number of amides is 1. The van der Waals surface area contributed by atoms with Gasteiger partial charge in [-0.15, -0.1) is 0 Å². The molecule has 0 unspecified atom stereocenters. The fourth-order valence-electron chi connectivity index (χ4n) is 2.28. The standard InChI is InChI=1S/C18H14FN3O4/c19-12-5-7-13(8-6-12)21-16(23)10-26-17(24)9-22-11-20-15-4-2-1-3-14(15)18(22)25/h1-8,11H,9-10H2,(H,21,23). The van der Waals surface area contributed by atoms with Crippen LogP contribution in [-0.4, -0.2) is 28.0 Å². The van der Waals surface area contributed by atoms with Crippen LogP contribution in [0.5, 0.6) is 0 Å². The van der Waals surface area contributed by atoms with Crippen LogP contribution in [0, 0.1) is 5.82 Å². The van der Waals surface area contributed by atoms with Crippen LogP contribution in [0.15, 0.2) is 59.7 Å². The van der Waals surface area contributed by atoms with Crippen molar-refractivity contribution in [3.8, 4) is 0 Å². The Morgan fingerprint density at radius 2 is 1.85 bits per heavy atom. The quantitative estimate of drug-likeness (QED) is 0.704. The molecule has 0 aliphatic heterocycles. The van der Waals surface area contributed by atoms with E-state index in [0.717, 1.165) is 4.57 Å². The van der Waals surface area contributed by atoms with Crippen LogP contribution in [-0.2, 0) is 20.9 Å². The smallest absolute Gasteiger partial charge is 0.326 e. The summed E-state index contributed by atoms with van der Waals surface area (Å²) in [5, 5.41) is 2.85. The number of anilines is 1. The lowest BCUT2D eigenvalue weighted by atomic mass is 10.2. The second kappa shape index (κ2) is 7.56. The highest BCUT2D eigenvalue weighted by atomic mass is 19.1. The predicted molar refractivity (Wildman–Crippen MR) is 92.0 cm³/mol. The van der Waals surface area contributed by atoms with Crippen LogP contribution in [0.2, 0.25) is 0 Å². The average Bonchev–Trinajstić information content (AvgIpc) is 2.64. The number of fused-ring (bicyclic) bond motifs is 1. The highest BCUT2D eigenvalue weighted by Crippen LogP contribution is 2.08. The van der Waals surface area contributed by atoms with Crippen molar-refractivity contribution in [2.45, 2.75) is 6.54 Å². The molecule has 0 aliphatic rings. The molecule has 0 spiro atoms. The van der Waals surface area contributed by atoms with E-state index in [0.29, 0.717) is 16.6 Å². The Bertz CT molecular complexity index is 1010. The number of hydrogen-bond donors (Lipinski definition) is 1. The Morgan fingerprint density at radius 3 is 2.62 bits per heavy atom. The van der Waals surface area contributed by atoms with Gasteiger partial charge in [-0.1, -0.05) is 12.1 Å². The number of aromatic nitrogens is 2. The van der Waals surface area contributed by atoms with Gasteiger partial charge in [0.15, 0.2) is 6.61 Å². The highest BCUT2D eigenvalue weighted by molar-refractivity contribution is 5.92. The molecule has 1 N–H and O–H groups in total. The number of esters is 1. The molecular formula is C18H14FN3O4. The van der Waals surface area contributed by atoms with Gasteiger partial charge in [0.2, 0.25) is 0 Å². The number of halogens is 1. The maximum absolute atomic E-state index is 12.8. The molecule has 0 bridgehead atoms. The number of benzene rings is 2. The van der Waals surface area contributed by atoms with Crippen molar-refractivity contribution in [2.24, 2.45) is 0 Å². The van der Waals surface area contributed by atoms with Gasteiger partial charge in [-0.05, 0) is 36.4 Å². The average molecular weight is 355 g/mol. The van der Waals surface area contributed by atoms with E-state index in [1.54, 1.807) is 24.3 Å². The number of nitrogens with zero attached hydrogens (tertiary/aromatic N) is 2. The molecule has 1 heterocycles. The molecule has 2 aromatic carbocycles. The number of carbonyl (C=O) groups excluding carboxylic acids is 2. The molecule has 26 heavy (non-hydrogen) atoms. The molecule has 0 atom stereocenters. The van der Waals surface area contributed by atoms with Crippen molar-refractivity contribution in [1.82, 2.24) is 9.55 Å². The zero-order chi connectivity index (χ0) is 18.5. The van der Waals surface area contributed by atoms with Gasteiger partial charge in [-0.25, -0.2) is 9.37 Å². The summed E-state index contributed by atoms with van der Waals surface area (Å²) in [6.45, 7) is -0.882. The fraction of sp³-hybridized carbons (Fsp3) is 0.111. The van der Waals surface area contributed by atoms with E-state index in [1.165, 1.54) is 30.6 Å². The molecule has 0 saturated carbocycles. The molecule has 8 heteroatoms. The SMILES string of the molecule is O=C(COC(=O)Cn1cnc2ccccc2c1=O)Nc1ccc(F)cc1. The van der Waals surface area contributed by atoms with Crippen LogP contribution < -0.4 is 10.9 Å². The van der Waals surface area contributed by atoms with Gasteiger partial charge in [-0.2, -0.15) is 0 Å². The van der Waals surface area contributed by atoms with Crippen LogP contribution >= 0.6 is 0 Å². The van der Waals surface area contributed by atoms with Crippen LogP contribution in [0.25, 0.3) is 10.9 Å². The van der Waals surface area contributed by atoms with Crippen molar-refractivity contribution in [2.75, 3.05) is 11.9 Å². The third kappa shape index (κ3) is 4.10. The first-order chi connectivity index (χ1) is 12.5. The molecule has 3 aromatic rings. The van der Waals surface area contributed by atoms with E-state index in [-0.39, 0.29) is 12.1 Å². The summed E-state index contributed by atoms with van der Waals surface area (Å²) in [5.41, 5.74) is 0.534. The zero-order valence-corrected chi connectivity index (χ0v) is 13.5. The van der Waals surface area contributed by atoms with Crippen molar-refractivity contribution in [3.63, 3.8) is 0 Å². The minimum Gasteiger partial charge on any atom is -0.454 e. The third-order valence-corrected chi connectivity index (χ3v) is 3.52. The maximum atomic E-state index is 12.8.